The summed E-state index contributed by atoms with van der Waals surface area (Å²) in [5.74, 6) is -0.500. The number of hydrogen-bond donors (Lipinski definition) is 1. The average Bonchev–Trinajstić information content (AvgIpc) is 1.88. The van der Waals surface area contributed by atoms with Crippen LogP contribution in [0.2, 0.25) is 0 Å². The molecule has 0 aromatic heterocycles. The largest absolute Gasteiger partial charge is 0.481 e. The topological polar surface area (TPSA) is 54.4 Å². The predicted octanol–water partition coefficient (Wildman–Crippen LogP) is 1.96. The van der Waals surface area contributed by atoms with E-state index < -0.39 is 5.97 Å². The zero-order valence-electron chi connectivity index (χ0n) is 8.42. The van der Waals surface area contributed by atoms with Gasteiger partial charge in [0, 0.05) is 5.92 Å². The third-order valence-electron chi connectivity index (χ3n) is 1.31. The second kappa shape index (κ2) is 6.83. The molecule has 3 heteroatoms. The molecule has 0 saturated carbocycles. The van der Waals surface area contributed by atoms with E-state index in [0.717, 1.165) is 0 Å². The molecule has 0 unspecified atom stereocenters. The van der Waals surface area contributed by atoms with Crippen LogP contribution in [0.1, 0.15) is 34.6 Å². The van der Waals surface area contributed by atoms with Crippen LogP contribution in [0.4, 0.5) is 0 Å². The number of ketones is 1. The summed E-state index contributed by atoms with van der Waals surface area (Å²) in [7, 11) is 0. The van der Waals surface area contributed by atoms with E-state index in [0.29, 0.717) is 0 Å². The number of carbonyl (C=O) groups excluding carboxylic acids is 1. The van der Waals surface area contributed by atoms with E-state index in [1.165, 1.54) is 0 Å². The fraction of sp³-hybridized carbons (Fsp3) is 0.778. The van der Waals surface area contributed by atoms with Crippen molar-refractivity contribution in [2.24, 2.45) is 11.8 Å². The molecule has 0 saturated heterocycles. The zero-order chi connectivity index (χ0) is 10.3. The van der Waals surface area contributed by atoms with E-state index in [-0.39, 0.29) is 17.6 Å². The van der Waals surface area contributed by atoms with Crippen LogP contribution in [0.25, 0.3) is 0 Å². The van der Waals surface area contributed by atoms with Crippen LogP contribution in [0.5, 0.6) is 0 Å². The van der Waals surface area contributed by atoms with Gasteiger partial charge in [0.25, 0.3) is 0 Å². The van der Waals surface area contributed by atoms with Crippen LogP contribution >= 0.6 is 0 Å². The van der Waals surface area contributed by atoms with E-state index in [4.69, 9.17) is 5.11 Å². The van der Waals surface area contributed by atoms with Crippen molar-refractivity contribution in [3.05, 3.63) is 0 Å². The molecule has 0 spiro atoms. The molecule has 3 nitrogen and oxygen atoms in total. The first-order valence-electron chi connectivity index (χ1n) is 4.02. The van der Waals surface area contributed by atoms with Crippen molar-refractivity contribution in [1.82, 2.24) is 0 Å². The fourth-order valence-electron chi connectivity index (χ4n) is 0. The number of aliphatic carboxylic acids is 1. The molecule has 0 radical (unpaired) electrons. The van der Waals surface area contributed by atoms with Gasteiger partial charge in [0.05, 0.1) is 5.92 Å². The highest BCUT2D eigenvalue weighted by Gasteiger charge is 1.99. The number of carboxylic acid groups (broad SMARTS) is 1. The van der Waals surface area contributed by atoms with Gasteiger partial charge in [-0.15, -0.1) is 0 Å². The normalized spacial score (nSPS) is 9.25. The summed E-state index contributed by atoms with van der Waals surface area (Å²) in [6, 6.07) is 0. The van der Waals surface area contributed by atoms with Crippen LogP contribution in [0, 0.1) is 11.8 Å². The first-order valence-corrected chi connectivity index (χ1v) is 4.02. The highest BCUT2D eigenvalue weighted by molar-refractivity contribution is 5.77. The number of carboxylic acids is 1. The molecule has 12 heavy (non-hydrogen) atoms. The highest BCUT2D eigenvalue weighted by Crippen LogP contribution is 1.89. The Morgan fingerprint density at radius 2 is 1.17 bits per heavy atom. The summed E-state index contributed by atoms with van der Waals surface area (Å²) in [6.45, 7) is 8.67. The Hall–Kier alpha value is -0.860. The molecule has 0 aliphatic rings. The Kier molecular flexibility index (Phi) is 7.80. The molecule has 72 valence electrons. The molecule has 0 atom stereocenters. The van der Waals surface area contributed by atoms with Crippen molar-refractivity contribution in [2.45, 2.75) is 34.6 Å². The average molecular weight is 174 g/mol. The van der Waals surface area contributed by atoms with Crippen LogP contribution in [-0.2, 0) is 9.59 Å². The summed E-state index contributed by atoms with van der Waals surface area (Å²) >= 11 is 0. The van der Waals surface area contributed by atoms with E-state index in [1.807, 2.05) is 13.8 Å². The third kappa shape index (κ3) is 11.9. The van der Waals surface area contributed by atoms with Gasteiger partial charge >= 0.3 is 5.97 Å². The summed E-state index contributed by atoms with van der Waals surface area (Å²) in [5.41, 5.74) is 0. The Balaban J connectivity index is 0. The summed E-state index contributed by atoms with van der Waals surface area (Å²) in [5, 5.41) is 7.99. The van der Waals surface area contributed by atoms with Crippen molar-refractivity contribution >= 4 is 11.8 Å². The molecule has 0 aromatic rings. The van der Waals surface area contributed by atoms with Crippen molar-refractivity contribution in [2.75, 3.05) is 0 Å². The second-order valence-electron chi connectivity index (χ2n) is 3.26. The van der Waals surface area contributed by atoms with Gasteiger partial charge in [0.2, 0.25) is 0 Å². The fourth-order valence-corrected chi connectivity index (χ4v) is 0. The summed E-state index contributed by atoms with van der Waals surface area (Å²) < 4.78 is 0. The molecule has 0 aromatic carbocycles. The second-order valence-corrected chi connectivity index (χ2v) is 3.26. The number of carbonyl (C=O) groups is 2. The summed E-state index contributed by atoms with van der Waals surface area (Å²) in [4.78, 5) is 19.8. The molecule has 0 rings (SSSR count). The van der Waals surface area contributed by atoms with Gasteiger partial charge in [-0.2, -0.15) is 0 Å². The maximum Gasteiger partial charge on any atom is 0.305 e. The Labute approximate surface area is 73.8 Å². The standard InChI is InChI=1S/C5H10O.C4H8O2/c1-4(2)5(3)6;1-3(2)4(5)6/h4H,1-3H3;3H,1-2H3,(H,5,6). The van der Waals surface area contributed by atoms with Gasteiger partial charge < -0.3 is 5.11 Å². The molecule has 0 bridgehead atoms. The Bertz CT molecular complexity index is 130. The van der Waals surface area contributed by atoms with Gasteiger partial charge in [-0.3, -0.25) is 9.59 Å². The van der Waals surface area contributed by atoms with Crippen molar-refractivity contribution < 1.29 is 14.7 Å². The minimum atomic E-state index is -0.741. The van der Waals surface area contributed by atoms with E-state index in [2.05, 4.69) is 0 Å². The molecule has 0 amide bonds. The molecular weight excluding hydrogens is 156 g/mol. The molecule has 0 heterocycles. The Morgan fingerprint density at radius 3 is 1.17 bits per heavy atom. The van der Waals surface area contributed by atoms with Crippen molar-refractivity contribution in [1.29, 1.82) is 0 Å². The zero-order valence-corrected chi connectivity index (χ0v) is 8.42. The van der Waals surface area contributed by atoms with E-state index in [9.17, 15) is 9.59 Å². The van der Waals surface area contributed by atoms with Crippen LogP contribution < -0.4 is 0 Å². The van der Waals surface area contributed by atoms with E-state index >= 15 is 0 Å². The monoisotopic (exact) mass is 174 g/mol. The minimum absolute atomic E-state index is 0.213. The van der Waals surface area contributed by atoms with Crippen molar-refractivity contribution in [3.8, 4) is 0 Å². The highest BCUT2D eigenvalue weighted by atomic mass is 16.4. The lowest BCUT2D eigenvalue weighted by molar-refractivity contribution is -0.140. The Morgan fingerprint density at radius 1 is 1.00 bits per heavy atom. The van der Waals surface area contributed by atoms with Crippen LogP contribution in [0.15, 0.2) is 0 Å². The smallest absolute Gasteiger partial charge is 0.305 e. The number of Topliss-reactive ketones (excluding diaryl/α,β-unsaturated/α-hetero) is 1. The minimum Gasteiger partial charge on any atom is -0.481 e. The van der Waals surface area contributed by atoms with Gasteiger partial charge in [-0.25, -0.2) is 0 Å². The number of hydrogen-bond acceptors (Lipinski definition) is 2. The molecule has 0 aliphatic carbocycles. The quantitative estimate of drug-likeness (QED) is 0.696. The van der Waals surface area contributed by atoms with Gasteiger partial charge in [-0.05, 0) is 6.92 Å². The first kappa shape index (κ1) is 13.7. The lowest BCUT2D eigenvalue weighted by atomic mass is 10.1. The van der Waals surface area contributed by atoms with E-state index in [1.54, 1.807) is 20.8 Å². The third-order valence-corrected chi connectivity index (χ3v) is 1.31. The lowest BCUT2D eigenvalue weighted by Crippen LogP contribution is -2.03. The number of rotatable bonds is 2. The SMILES string of the molecule is CC(=O)C(C)C.CC(C)C(=O)O. The van der Waals surface area contributed by atoms with Gasteiger partial charge in [-0.1, -0.05) is 27.7 Å². The molecule has 0 fully saturated rings. The molecular formula is C9H18O3. The van der Waals surface area contributed by atoms with Crippen molar-refractivity contribution in [3.63, 3.8) is 0 Å². The van der Waals surface area contributed by atoms with Gasteiger partial charge in [0.15, 0.2) is 0 Å². The summed E-state index contributed by atoms with van der Waals surface area (Å²) in [6.07, 6.45) is 0. The maximum atomic E-state index is 10.1. The predicted molar refractivity (Wildman–Crippen MR) is 48.0 cm³/mol. The van der Waals surface area contributed by atoms with Crippen LogP contribution in [0.3, 0.4) is 0 Å². The molecule has 0 aliphatic heterocycles. The first-order chi connectivity index (χ1) is 5.29. The maximum absolute atomic E-state index is 10.1. The van der Waals surface area contributed by atoms with Gasteiger partial charge in [0.1, 0.15) is 5.78 Å². The molecule has 1 N–H and O–H groups in total. The lowest BCUT2D eigenvalue weighted by Gasteiger charge is -1.90. The van der Waals surface area contributed by atoms with Crippen LogP contribution in [-0.4, -0.2) is 16.9 Å².